The van der Waals surface area contributed by atoms with Crippen LogP contribution < -0.4 is 5.32 Å². The van der Waals surface area contributed by atoms with Crippen molar-refractivity contribution in [3.8, 4) is 6.07 Å². The molecule has 2 aromatic rings. The Kier molecular flexibility index (Phi) is 4.55. The molecule has 22 heavy (non-hydrogen) atoms. The van der Waals surface area contributed by atoms with Crippen LogP contribution in [0, 0.1) is 11.3 Å². The number of hydrogen-bond acceptors (Lipinski definition) is 4. The lowest BCUT2D eigenvalue weighted by Gasteiger charge is -2.33. The van der Waals surface area contributed by atoms with Crippen molar-refractivity contribution in [1.29, 1.82) is 5.26 Å². The van der Waals surface area contributed by atoms with E-state index in [9.17, 15) is 0 Å². The highest BCUT2D eigenvalue weighted by Crippen LogP contribution is 2.23. The van der Waals surface area contributed by atoms with Crippen LogP contribution in [0.2, 0.25) is 0 Å². The number of para-hydroxylation sites is 1. The highest BCUT2D eigenvalue weighted by atomic mass is 15.2. The van der Waals surface area contributed by atoms with Gasteiger partial charge in [-0.1, -0.05) is 24.6 Å². The number of hydrogen-bond donors (Lipinski definition) is 1. The summed E-state index contributed by atoms with van der Waals surface area (Å²) < 4.78 is 0. The molecule has 1 N–H and O–H groups in total. The van der Waals surface area contributed by atoms with E-state index in [1.54, 1.807) is 0 Å². The SMILES string of the molecule is CC1CCCCN1CCNc1cc(C#N)nc2ccccc12. The van der Waals surface area contributed by atoms with Gasteiger partial charge in [0.05, 0.1) is 5.52 Å². The fourth-order valence-corrected chi connectivity index (χ4v) is 3.20. The van der Waals surface area contributed by atoms with Gasteiger partial charge in [-0.25, -0.2) is 4.98 Å². The Morgan fingerprint density at radius 3 is 3.05 bits per heavy atom. The van der Waals surface area contributed by atoms with E-state index in [1.165, 1.54) is 25.8 Å². The maximum absolute atomic E-state index is 9.14. The fourth-order valence-electron chi connectivity index (χ4n) is 3.20. The van der Waals surface area contributed by atoms with Crippen LogP contribution in [0.5, 0.6) is 0 Å². The van der Waals surface area contributed by atoms with Gasteiger partial charge in [0.2, 0.25) is 0 Å². The summed E-state index contributed by atoms with van der Waals surface area (Å²) in [6.45, 7) is 5.45. The first kappa shape index (κ1) is 14.8. The zero-order valence-corrected chi connectivity index (χ0v) is 13.0. The Hall–Kier alpha value is -2.12. The van der Waals surface area contributed by atoms with Crippen molar-refractivity contribution in [2.75, 3.05) is 25.0 Å². The van der Waals surface area contributed by atoms with E-state index < -0.39 is 0 Å². The number of likely N-dealkylation sites (tertiary alicyclic amines) is 1. The lowest BCUT2D eigenvalue weighted by molar-refractivity contribution is 0.167. The minimum Gasteiger partial charge on any atom is -0.383 e. The largest absolute Gasteiger partial charge is 0.383 e. The van der Waals surface area contributed by atoms with E-state index in [1.807, 2.05) is 24.3 Å². The molecule has 1 atom stereocenters. The van der Waals surface area contributed by atoms with Crippen molar-refractivity contribution in [3.05, 3.63) is 36.0 Å². The molecule has 114 valence electrons. The summed E-state index contributed by atoms with van der Waals surface area (Å²) in [7, 11) is 0. The molecule has 1 aromatic carbocycles. The Balaban J connectivity index is 1.72. The fraction of sp³-hybridized carbons (Fsp3) is 0.444. The monoisotopic (exact) mass is 294 g/mol. The topological polar surface area (TPSA) is 52.0 Å². The molecule has 4 nitrogen and oxygen atoms in total. The van der Waals surface area contributed by atoms with Crippen LogP contribution in [-0.2, 0) is 0 Å². The van der Waals surface area contributed by atoms with Crippen LogP contribution in [0.15, 0.2) is 30.3 Å². The van der Waals surface area contributed by atoms with Gasteiger partial charge < -0.3 is 5.32 Å². The summed E-state index contributed by atoms with van der Waals surface area (Å²) in [5.74, 6) is 0. The van der Waals surface area contributed by atoms with Crippen molar-refractivity contribution in [1.82, 2.24) is 9.88 Å². The number of piperidine rings is 1. The molecule has 4 heteroatoms. The number of nitrogens with zero attached hydrogens (tertiary/aromatic N) is 3. The Morgan fingerprint density at radius 1 is 1.36 bits per heavy atom. The standard InChI is InChI=1S/C18H22N4/c1-14-6-4-5-10-22(14)11-9-20-18-12-15(13-19)21-17-8-3-2-7-16(17)18/h2-3,7-8,12,14H,4-6,9-11H2,1H3,(H,20,21). The van der Waals surface area contributed by atoms with Crippen LogP contribution in [0.3, 0.4) is 0 Å². The summed E-state index contributed by atoms with van der Waals surface area (Å²) in [5, 5.41) is 13.7. The van der Waals surface area contributed by atoms with Gasteiger partial charge in [-0.3, -0.25) is 4.90 Å². The van der Waals surface area contributed by atoms with Crippen molar-refractivity contribution in [2.24, 2.45) is 0 Å². The van der Waals surface area contributed by atoms with Gasteiger partial charge in [0.15, 0.2) is 0 Å². The van der Waals surface area contributed by atoms with E-state index >= 15 is 0 Å². The predicted molar refractivity (Wildman–Crippen MR) is 89.8 cm³/mol. The second-order valence-corrected chi connectivity index (χ2v) is 5.99. The molecule has 0 bridgehead atoms. The first-order chi connectivity index (χ1) is 10.8. The summed E-state index contributed by atoms with van der Waals surface area (Å²) in [5.41, 5.74) is 2.34. The van der Waals surface area contributed by atoms with E-state index in [4.69, 9.17) is 5.26 Å². The second kappa shape index (κ2) is 6.76. The molecular weight excluding hydrogens is 272 g/mol. The van der Waals surface area contributed by atoms with Crippen LogP contribution in [-0.4, -0.2) is 35.6 Å². The first-order valence-corrected chi connectivity index (χ1v) is 8.06. The van der Waals surface area contributed by atoms with E-state index in [-0.39, 0.29) is 0 Å². The van der Waals surface area contributed by atoms with Gasteiger partial charge in [0.25, 0.3) is 0 Å². The Bertz CT molecular complexity index is 689. The van der Waals surface area contributed by atoms with Crippen molar-refractivity contribution >= 4 is 16.6 Å². The molecule has 0 spiro atoms. The van der Waals surface area contributed by atoms with Crippen LogP contribution in [0.25, 0.3) is 10.9 Å². The van der Waals surface area contributed by atoms with Gasteiger partial charge in [0.1, 0.15) is 11.8 Å². The minimum absolute atomic E-state index is 0.465. The normalized spacial score (nSPS) is 19.0. The number of pyridine rings is 1. The van der Waals surface area contributed by atoms with Gasteiger partial charge in [-0.05, 0) is 38.4 Å². The lowest BCUT2D eigenvalue weighted by Crippen LogP contribution is -2.40. The Labute approximate surface area is 131 Å². The summed E-state index contributed by atoms with van der Waals surface area (Å²) in [6, 6.07) is 12.6. The van der Waals surface area contributed by atoms with Crippen molar-refractivity contribution in [2.45, 2.75) is 32.2 Å². The van der Waals surface area contributed by atoms with E-state index in [2.05, 4.69) is 34.3 Å². The third-order valence-corrected chi connectivity index (χ3v) is 4.49. The molecule has 1 aliphatic heterocycles. The van der Waals surface area contributed by atoms with E-state index in [0.717, 1.165) is 29.7 Å². The number of rotatable bonds is 4. The molecule has 1 aliphatic rings. The number of nitrogens with one attached hydrogen (secondary N) is 1. The Morgan fingerprint density at radius 2 is 2.23 bits per heavy atom. The molecule has 3 rings (SSSR count). The molecule has 1 fully saturated rings. The van der Waals surface area contributed by atoms with Gasteiger partial charge in [-0.2, -0.15) is 5.26 Å². The zero-order chi connectivity index (χ0) is 15.4. The number of benzene rings is 1. The first-order valence-electron chi connectivity index (χ1n) is 8.06. The van der Waals surface area contributed by atoms with Crippen LogP contribution >= 0.6 is 0 Å². The second-order valence-electron chi connectivity index (χ2n) is 5.99. The van der Waals surface area contributed by atoms with E-state index in [0.29, 0.717) is 11.7 Å². The number of anilines is 1. The third kappa shape index (κ3) is 3.20. The number of nitriles is 1. The van der Waals surface area contributed by atoms with Crippen LogP contribution in [0.4, 0.5) is 5.69 Å². The lowest BCUT2D eigenvalue weighted by atomic mass is 10.0. The highest BCUT2D eigenvalue weighted by molar-refractivity contribution is 5.91. The summed E-state index contributed by atoms with van der Waals surface area (Å²) in [4.78, 5) is 6.90. The molecule has 0 saturated carbocycles. The minimum atomic E-state index is 0.465. The van der Waals surface area contributed by atoms with Gasteiger partial charge >= 0.3 is 0 Å². The smallest absolute Gasteiger partial charge is 0.143 e. The number of fused-ring (bicyclic) bond motifs is 1. The number of aromatic nitrogens is 1. The molecule has 0 aliphatic carbocycles. The quantitative estimate of drug-likeness (QED) is 0.939. The summed E-state index contributed by atoms with van der Waals surface area (Å²) >= 11 is 0. The average molecular weight is 294 g/mol. The predicted octanol–water partition coefficient (Wildman–Crippen LogP) is 3.39. The molecule has 2 heterocycles. The molecule has 1 aromatic heterocycles. The molecule has 0 radical (unpaired) electrons. The molecular formula is C18H22N4. The third-order valence-electron chi connectivity index (χ3n) is 4.49. The maximum atomic E-state index is 9.14. The van der Waals surface area contributed by atoms with Gasteiger partial charge in [0, 0.05) is 30.2 Å². The molecule has 0 amide bonds. The molecule has 1 saturated heterocycles. The average Bonchev–Trinajstić information content (AvgIpc) is 2.56. The molecule has 1 unspecified atom stereocenters. The maximum Gasteiger partial charge on any atom is 0.143 e. The van der Waals surface area contributed by atoms with Gasteiger partial charge in [-0.15, -0.1) is 0 Å². The van der Waals surface area contributed by atoms with Crippen molar-refractivity contribution < 1.29 is 0 Å². The zero-order valence-electron chi connectivity index (χ0n) is 13.0. The highest BCUT2D eigenvalue weighted by Gasteiger charge is 2.17. The van der Waals surface area contributed by atoms with Crippen LogP contribution in [0.1, 0.15) is 31.9 Å². The van der Waals surface area contributed by atoms with Crippen molar-refractivity contribution in [3.63, 3.8) is 0 Å². The summed E-state index contributed by atoms with van der Waals surface area (Å²) in [6.07, 6.45) is 3.96.